The molecule has 100 valence electrons. The highest BCUT2D eigenvalue weighted by Crippen LogP contribution is 2.22. The number of carbonyl (C=O) groups excluding carboxylic acids is 1. The summed E-state index contributed by atoms with van der Waals surface area (Å²) in [4.78, 5) is 11.3. The first-order chi connectivity index (χ1) is 8.51. The zero-order chi connectivity index (χ0) is 13.7. The van der Waals surface area contributed by atoms with Crippen LogP contribution in [0, 0.1) is 5.82 Å². The molecular formula is C12H14BrFO4. The van der Waals surface area contributed by atoms with E-state index in [1.807, 2.05) is 0 Å². The molecule has 1 aromatic carbocycles. The van der Waals surface area contributed by atoms with Crippen LogP contribution in [0.3, 0.4) is 0 Å². The van der Waals surface area contributed by atoms with Crippen LogP contribution >= 0.6 is 15.9 Å². The maximum absolute atomic E-state index is 13.4. The van der Waals surface area contributed by atoms with Crippen molar-refractivity contribution in [2.24, 2.45) is 0 Å². The lowest BCUT2D eigenvalue weighted by Crippen LogP contribution is -2.19. The van der Waals surface area contributed by atoms with Crippen molar-refractivity contribution in [2.45, 2.75) is 18.6 Å². The van der Waals surface area contributed by atoms with Crippen molar-refractivity contribution in [3.63, 3.8) is 0 Å². The molecule has 0 fully saturated rings. The van der Waals surface area contributed by atoms with Gasteiger partial charge in [0, 0.05) is 5.33 Å². The van der Waals surface area contributed by atoms with Crippen LogP contribution in [-0.4, -0.2) is 34.7 Å². The standard InChI is InChI=1S/C12H14BrFO4/c1-18-12(17)8-6-7(2-3-9(8)14)11(16)10(15)4-5-13/h2-3,6,10-11,15-16H,4-5H2,1H3. The normalized spacial score (nSPS) is 14.1. The molecule has 0 aromatic heterocycles. The predicted molar refractivity (Wildman–Crippen MR) is 67.1 cm³/mol. The Balaban J connectivity index is 3.00. The highest BCUT2D eigenvalue weighted by Gasteiger charge is 2.21. The van der Waals surface area contributed by atoms with Crippen LogP contribution in [0.15, 0.2) is 18.2 Å². The first kappa shape index (κ1) is 15.1. The van der Waals surface area contributed by atoms with Crippen LogP contribution in [-0.2, 0) is 4.74 Å². The third kappa shape index (κ3) is 3.51. The van der Waals surface area contributed by atoms with E-state index in [4.69, 9.17) is 0 Å². The molecule has 1 rings (SSSR count). The third-order valence-electron chi connectivity index (χ3n) is 2.51. The van der Waals surface area contributed by atoms with Crippen molar-refractivity contribution >= 4 is 21.9 Å². The molecule has 0 heterocycles. The average molecular weight is 321 g/mol. The summed E-state index contributed by atoms with van der Waals surface area (Å²) in [6.45, 7) is 0. The van der Waals surface area contributed by atoms with E-state index in [0.717, 1.165) is 13.2 Å². The summed E-state index contributed by atoms with van der Waals surface area (Å²) < 4.78 is 17.8. The molecule has 0 aliphatic carbocycles. The number of methoxy groups -OCH3 is 1. The van der Waals surface area contributed by atoms with Gasteiger partial charge < -0.3 is 14.9 Å². The van der Waals surface area contributed by atoms with Gasteiger partial charge in [0.15, 0.2) is 0 Å². The molecule has 1 aromatic rings. The molecule has 0 aliphatic rings. The van der Waals surface area contributed by atoms with Gasteiger partial charge in [-0.1, -0.05) is 22.0 Å². The summed E-state index contributed by atoms with van der Waals surface area (Å²) in [7, 11) is 1.14. The summed E-state index contributed by atoms with van der Waals surface area (Å²) in [6.07, 6.45) is -1.82. The van der Waals surface area contributed by atoms with Crippen molar-refractivity contribution in [3.05, 3.63) is 35.1 Å². The summed E-state index contributed by atoms with van der Waals surface area (Å²) >= 11 is 3.15. The molecule has 2 atom stereocenters. The van der Waals surface area contributed by atoms with E-state index in [0.29, 0.717) is 11.8 Å². The Hall–Kier alpha value is -0.980. The van der Waals surface area contributed by atoms with Crippen LogP contribution in [0.1, 0.15) is 28.4 Å². The Kier molecular flexibility index (Phi) is 5.71. The van der Waals surface area contributed by atoms with Crippen molar-refractivity contribution in [1.82, 2.24) is 0 Å². The van der Waals surface area contributed by atoms with Gasteiger partial charge in [0.1, 0.15) is 11.9 Å². The number of rotatable bonds is 5. The van der Waals surface area contributed by atoms with Gasteiger partial charge in [-0.2, -0.15) is 0 Å². The Labute approximate surface area is 113 Å². The number of alkyl halides is 1. The van der Waals surface area contributed by atoms with Crippen LogP contribution < -0.4 is 0 Å². The molecule has 0 saturated carbocycles. The first-order valence-corrected chi connectivity index (χ1v) is 6.43. The first-order valence-electron chi connectivity index (χ1n) is 5.31. The zero-order valence-electron chi connectivity index (χ0n) is 9.77. The number of aliphatic hydroxyl groups is 2. The van der Waals surface area contributed by atoms with Crippen LogP contribution in [0.25, 0.3) is 0 Å². The Morgan fingerprint density at radius 2 is 2.17 bits per heavy atom. The maximum Gasteiger partial charge on any atom is 0.340 e. The minimum atomic E-state index is -1.17. The van der Waals surface area contributed by atoms with Gasteiger partial charge in [-0.3, -0.25) is 0 Å². The fraction of sp³-hybridized carbons (Fsp3) is 0.417. The molecule has 0 spiro atoms. The lowest BCUT2D eigenvalue weighted by molar-refractivity contribution is 0.0172. The van der Waals surface area contributed by atoms with E-state index in [9.17, 15) is 19.4 Å². The molecule has 6 heteroatoms. The highest BCUT2D eigenvalue weighted by atomic mass is 79.9. The lowest BCUT2D eigenvalue weighted by Gasteiger charge is -2.17. The Morgan fingerprint density at radius 1 is 1.50 bits per heavy atom. The number of halogens is 2. The van der Waals surface area contributed by atoms with Crippen molar-refractivity contribution in [1.29, 1.82) is 0 Å². The number of aliphatic hydroxyl groups excluding tert-OH is 2. The molecule has 18 heavy (non-hydrogen) atoms. The zero-order valence-corrected chi connectivity index (χ0v) is 11.4. The fourth-order valence-electron chi connectivity index (χ4n) is 1.49. The smallest absolute Gasteiger partial charge is 0.340 e. The predicted octanol–water partition coefficient (Wildman–Crippen LogP) is 1.79. The molecule has 0 bridgehead atoms. The fourth-order valence-corrected chi connectivity index (χ4v) is 1.95. The van der Waals surface area contributed by atoms with E-state index in [1.165, 1.54) is 12.1 Å². The molecule has 0 saturated heterocycles. The number of hydrogen-bond acceptors (Lipinski definition) is 4. The molecule has 0 radical (unpaired) electrons. The van der Waals surface area contributed by atoms with Gasteiger partial charge >= 0.3 is 5.97 Å². The maximum atomic E-state index is 13.4. The molecule has 2 unspecified atom stereocenters. The van der Waals surface area contributed by atoms with Gasteiger partial charge in [0.05, 0.1) is 18.8 Å². The summed E-state index contributed by atoms with van der Waals surface area (Å²) in [6, 6.07) is 3.57. The number of benzene rings is 1. The van der Waals surface area contributed by atoms with Crippen molar-refractivity contribution in [2.75, 3.05) is 12.4 Å². The van der Waals surface area contributed by atoms with Crippen LogP contribution in [0.2, 0.25) is 0 Å². The van der Waals surface area contributed by atoms with Gasteiger partial charge in [-0.25, -0.2) is 9.18 Å². The third-order valence-corrected chi connectivity index (χ3v) is 2.96. The van der Waals surface area contributed by atoms with E-state index < -0.39 is 24.0 Å². The Morgan fingerprint density at radius 3 is 2.72 bits per heavy atom. The van der Waals surface area contributed by atoms with Gasteiger partial charge in [-0.05, 0) is 24.1 Å². The quantitative estimate of drug-likeness (QED) is 0.641. The van der Waals surface area contributed by atoms with E-state index in [-0.39, 0.29) is 11.1 Å². The second-order valence-corrected chi connectivity index (χ2v) is 4.51. The van der Waals surface area contributed by atoms with E-state index >= 15 is 0 Å². The molecule has 0 aliphatic heterocycles. The van der Waals surface area contributed by atoms with Gasteiger partial charge in [-0.15, -0.1) is 0 Å². The minimum absolute atomic E-state index is 0.264. The van der Waals surface area contributed by atoms with Gasteiger partial charge in [0.25, 0.3) is 0 Å². The lowest BCUT2D eigenvalue weighted by atomic mass is 10.0. The SMILES string of the molecule is COC(=O)c1cc(C(O)C(O)CCBr)ccc1F. The number of esters is 1. The average Bonchev–Trinajstić information content (AvgIpc) is 2.38. The van der Waals surface area contributed by atoms with Crippen LogP contribution in [0.4, 0.5) is 4.39 Å². The summed E-state index contributed by atoms with van der Waals surface area (Å²) in [5, 5.41) is 20.0. The minimum Gasteiger partial charge on any atom is -0.465 e. The second-order valence-electron chi connectivity index (χ2n) is 3.72. The molecule has 2 N–H and O–H groups in total. The largest absolute Gasteiger partial charge is 0.465 e. The van der Waals surface area contributed by atoms with Crippen LogP contribution in [0.5, 0.6) is 0 Å². The summed E-state index contributed by atoms with van der Waals surface area (Å²) in [5.41, 5.74) is 0.00495. The van der Waals surface area contributed by atoms with Gasteiger partial charge in [0.2, 0.25) is 0 Å². The molecule has 4 nitrogen and oxygen atoms in total. The molecule has 0 amide bonds. The Bertz CT molecular complexity index is 425. The topological polar surface area (TPSA) is 66.8 Å². The number of carbonyl (C=O) groups is 1. The van der Waals surface area contributed by atoms with E-state index in [1.54, 1.807) is 0 Å². The number of ether oxygens (including phenoxy) is 1. The highest BCUT2D eigenvalue weighted by molar-refractivity contribution is 9.09. The van der Waals surface area contributed by atoms with Crippen molar-refractivity contribution < 1.29 is 24.1 Å². The summed E-state index contributed by atoms with van der Waals surface area (Å²) in [5.74, 6) is -1.55. The molecular weight excluding hydrogens is 307 g/mol. The number of hydrogen-bond donors (Lipinski definition) is 2. The van der Waals surface area contributed by atoms with Crippen molar-refractivity contribution in [3.8, 4) is 0 Å². The second kappa shape index (κ2) is 6.82. The monoisotopic (exact) mass is 320 g/mol. The van der Waals surface area contributed by atoms with E-state index in [2.05, 4.69) is 20.7 Å².